The van der Waals surface area contributed by atoms with Gasteiger partial charge in [-0.25, -0.2) is 9.97 Å². The Morgan fingerprint density at radius 1 is 1.26 bits per heavy atom. The van der Waals surface area contributed by atoms with Crippen LogP contribution in [0.15, 0.2) is 23.2 Å². The third-order valence-electron chi connectivity index (χ3n) is 4.72. The first kappa shape index (κ1) is 11.9. The molecule has 4 nitrogen and oxygen atoms in total. The number of imidazole rings is 1. The molecule has 2 heterocycles. The van der Waals surface area contributed by atoms with Crippen molar-refractivity contribution in [2.75, 3.05) is 0 Å². The Hall–Kier alpha value is -0.940. The lowest BCUT2D eigenvalue weighted by molar-refractivity contribution is 0.349. The number of halogens is 1. The average Bonchev–Trinajstić information content (AvgIpc) is 3.10. The molecule has 2 saturated carbocycles. The summed E-state index contributed by atoms with van der Waals surface area (Å²) in [5.41, 5.74) is 2.12. The van der Waals surface area contributed by atoms with Gasteiger partial charge in [0.15, 0.2) is 5.65 Å². The van der Waals surface area contributed by atoms with Gasteiger partial charge < -0.3 is 5.32 Å². The van der Waals surface area contributed by atoms with E-state index in [4.69, 9.17) is 0 Å². The van der Waals surface area contributed by atoms with Gasteiger partial charge in [0, 0.05) is 18.8 Å². The molecule has 0 spiro atoms. The summed E-state index contributed by atoms with van der Waals surface area (Å²) in [4.78, 5) is 8.59. The number of nitrogens with zero attached hydrogens (tertiary/aromatic N) is 3. The van der Waals surface area contributed by atoms with Gasteiger partial charge in [0.1, 0.15) is 4.60 Å². The number of rotatable bonds is 3. The van der Waals surface area contributed by atoms with Crippen LogP contribution < -0.4 is 5.32 Å². The van der Waals surface area contributed by atoms with Gasteiger partial charge in [0.05, 0.1) is 18.1 Å². The normalized spacial score (nSPS) is 29.4. The van der Waals surface area contributed by atoms with E-state index in [1.165, 1.54) is 31.4 Å². The molecular formula is C14H17BrN4. The topological polar surface area (TPSA) is 42.2 Å². The summed E-state index contributed by atoms with van der Waals surface area (Å²) in [6.45, 7) is 0.894. The fraction of sp³-hybridized carbons (Fsp3) is 0.571. The fourth-order valence-electron chi connectivity index (χ4n) is 3.78. The second-order valence-electron chi connectivity index (χ2n) is 5.85. The van der Waals surface area contributed by atoms with Crippen molar-refractivity contribution in [1.82, 2.24) is 19.7 Å². The molecule has 3 atom stereocenters. The Labute approximate surface area is 120 Å². The maximum Gasteiger partial charge on any atom is 0.155 e. The first-order chi connectivity index (χ1) is 9.29. The van der Waals surface area contributed by atoms with Crippen LogP contribution in [-0.2, 0) is 6.54 Å². The van der Waals surface area contributed by atoms with Crippen LogP contribution in [0, 0.1) is 11.8 Å². The van der Waals surface area contributed by atoms with Crippen molar-refractivity contribution in [3.05, 3.63) is 28.9 Å². The molecule has 3 unspecified atom stereocenters. The summed E-state index contributed by atoms with van der Waals surface area (Å²) in [6.07, 6.45) is 11.4. The Kier molecular flexibility index (Phi) is 2.84. The highest BCUT2D eigenvalue weighted by atomic mass is 79.9. The van der Waals surface area contributed by atoms with Crippen molar-refractivity contribution in [3.63, 3.8) is 0 Å². The largest absolute Gasteiger partial charge is 0.308 e. The maximum atomic E-state index is 4.39. The highest BCUT2D eigenvalue weighted by Gasteiger charge is 2.39. The van der Waals surface area contributed by atoms with Crippen LogP contribution in [0.25, 0.3) is 5.65 Å². The molecule has 2 aliphatic rings. The van der Waals surface area contributed by atoms with E-state index < -0.39 is 0 Å². The second-order valence-corrected chi connectivity index (χ2v) is 6.66. The highest BCUT2D eigenvalue weighted by Crippen LogP contribution is 2.44. The Morgan fingerprint density at radius 2 is 2.21 bits per heavy atom. The molecule has 2 aliphatic carbocycles. The number of nitrogens with one attached hydrogen (secondary N) is 1. The van der Waals surface area contributed by atoms with Crippen LogP contribution in [0.1, 0.15) is 31.4 Å². The van der Waals surface area contributed by atoms with E-state index in [1.807, 2.05) is 12.4 Å². The van der Waals surface area contributed by atoms with Crippen molar-refractivity contribution in [3.8, 4) is 0 Å². The molecule has 0 amide bonds. The van der Waals surface area contributed by atoms with E-state index in [0.717, 1.165) is 34.7 Å². The van der Waals surface area contributed by atoms with Crippen LogP contribution in [0.3, 0.4) is 0 Å². The molecule has 4 rings (SSSR count). The first-order valence-corrected chi connectivity index (χ1v) is 7.80. The van der Waals surface area contributed by atoms with Gasteiger partial charge in [-0.05, 0) is 47.0 Å². The molecule has 0 aliphatic heterocycles. The monoisotopic (exact) mass is 320 g/mol. The maximum absolute atomic E-state index is 4.39. The molecule has 100 valence electrons. The fourth-order valence-corrected chi connectivity index (χ4v) is 4.08. The minimum atomic E-state index is 0.717. The van der Waals surface area contributed by atoms with E-state index in [9.17, 15) is 0 Å². The molecule has 0 saturated heterocycles. The zero-order valence-corrected chi connectivity index (χ0v) is 12.3. The van der Waals surface area contributed by atoms with Crippen molar-refractivity contribution >= 4 is 21.6 Å². The standard InChI is InChI=1S/C14H17BrN4/c15-13-8-19-11(6-18-14(19)7-17-13)5-16-12-4-9-1-2-10(12)3-9/h6-10,12,16H,1-5H2. The predicted molar refractivity (Wildman–Crippen MR) is 76.8 cm³/mol. The molecule has 2 aromatic heterocycles. The minimum Gasteiger partial charge on any atom is -0.308 e. The number of fused-ring (bicyclic) bond motifs is 3. The summed E-state index contributed by atoms with van der Waals surface area (Å²) >= 11 is 3.42. The van der Waals surface area contributed by atoms with Gasteiger partial charge in [-0.3, -0.25) is 4.40 Å². The first-order valence-electron chi connectivity index (χ1n) is 7.00. The molecular weight excluding hydrogens is 304 g/mol. The predicted octanol–water partition coefficient (Wildman–Crippen LogP) is 2.77. The van der Waals surface area contributed by atoms with Crippen molar-refractivity contribution < 1.29 is 0 Å². The quantitative estimate of drug-likeness (QED) is 0.945. The molecule has 2 bridgehead atoms. The van der Waals surface area contributed by atoms with Gasteiger partial charge >= 0.3 is 0 Å². The zero-order valence-electron chi connectivity index (χ0n) is 10.7. The van der Waals surface area contributed by atoms with Gasteiger partial charge in [-0.15, -0.1) is 0 Å². The lowest BCUT2D eigenvalue weighted by Crippen LogP contribution is -2.33. The second kappa shape index (κ2) is 4.56. The van der Waals surface area contributed by atoms with Gasteiger partial charge in [-0.2, -0.15) is 0 Å². The Morgan fingerprint density at radius 3 is 3.00 bits per heavy atom. The molecule has 2 fully saturated rings. The molecule has 2 aromatic rings. The van der Waals surface area contributed by atoms with Crippen LogP contribution in [0.2, 0.25) is 0 Å². The lowest BCUT2D eigenvalue weighted by atomic mass is 9.95. The Bertz CT molecular complexity index is 609. The van der Waals surface area contributed by atoms with Crippen molar-refractivity contribution in [1.29, 1.82) is 0 Å². The number of hydrogen-bond donors (Lipinski definition) is 1. The van der Waals surface area contributed by atoms with Gasteiger partial charge in [0.25, 0.3) is 0 Å². The molecule has 1 N–H and O–H groups in total. The van der Waals surface area contributed by atoms with Crippen LogP contribution in [-0.4, -0.2) is 20.4 Å². The summed E-state index contributed by atoms with van der Waals surface area (Å²) in [5, 5.41) is 3.73. The third kappa shape index (κ3) is 2.09. The number of aromatic nitrogens is 3. The summed E-state index contributed by atoms with van der Waals surface area (Å²) in [7, 11) is 0. The third-order valence-corrected chi connectivity index (χ3v) is 5.13. The molecule has 0 aromatic carbocycles. The summed E-state index contributed by atoms with van der Waals surface area (Å²) in [6, 6.07) is 0.717. The lowest BCUT2D eigenvalue weighted by Gasteiger charge is -2.22. The van der Waals surface area contributed by atoms with E-state index in [1.54, 1.807) is 6.20 Å². The highest BCUT2D eigenvalue weighted by molar-refractivity contribution is 9.10. The van der Waals surface area contributed by atoms with E-state index >= 15 is 0 Å². The summed E-state index contributed by atoms with van der Waals surface area (Å²) < 4.78 is 2.95. The smallest absolute Gasteiger partial charge is 0.155 e. The van der Waals surface area contributed by atoms with Crippen LogP contribution in [0.4, 0.5) is 0 Å². The van der Waals surface area contributed by atoms with E-state index in [-0.39, 0.29) is 0 Å². The van der Waals surface area contributed by atoms with Gasteiger partial charge in [-0.1, -0.05) is 6.42 Å². The van der Waals surface area contributed by atoms with Crippen molar-refractivity contribution in [2.45, 2.75) is 38.3 Å². The SMILES string of the molecule is Brc1cn2c(CNC3CC4CCC3C4)cnc2cn1. The number of hydrogen-bond acceptors (Lipinski definition) is 3. The van der Waals surface area contributed by atoms with E-state index in [0.29, 0.717) is 0 Å². The van der Waals surface area contributed by atoms with Gasteiger partial charge in [0.2, 0.25) is 0 Å². The average molecular weight is 321 g/mol. The molecule has 19 heavy (non-hydrogen) atoms. The molecule has 5 heteroatoms. The van der Waals surface area contributed by atoms with Crippen LogP contribution in [0.5, 0.6) is 0 Å². The summed E-state index contributed by atoms with van der Waals surface area (Å²) in [5.74, 6) is 1.90. The Balaban J connectivity index is 1.51. The van der Waals surface area contributed by atoms with E-state index in [2.05, 4.69) is 35.6 Å². The van der Waals surface area contributed by atoms with Crippen molar-refractivity contribution in [2.24, 2.45) is 11.8 Å². The van der Waals surface area contributed by atoms with Crippen LogP contribution >= 0.6 is 15.9 Å². The zero-order chi connectivity index (χ0) is 12.8. The minimum absolute atomic E-state index is 0.717. The molecule has 0 radical (unpaired) electrons.